The second-order valence-electron chi connectivity index (χ2n) is 10.9. The van der Waals surface area contributed by atoms with Crippen LogP contribution in [0.4, 0.5) is 34.5 Å². The molecule has 0 spiro atoms. The number of hydrogen-bond donors (Lipinski definition) is 2. The highest BCUT2D eigenvalue weighted by Gasteiger charge is 2.26. The lowest BCUT2D eigenvalue weighted by Crippen LogP contribution is -2.31. The van der Waals surface area contributed by atoms with E-state index in [4.69, 9.17) is 9.72 Å². The minimum Gasteiger partial charge on any atom is -0.494 e. The number of rotatable bonds is 12. The van der Waals surface area contributed by atoms with Crippen LogP contribution in [0.3, 0.4) is 0 Å². The smallest absolute Gasteiger partial charge is 0.229 e. The Labute approximate surface area is 259 Å². The van der Waals surface area contributed by atoms with Crippen LogP contribution in [0.1, 0.15) is 38.3 Å². The third-order valence-electron chi connectivity index (χ3n) is 8.01. The minimum atomic E-state index is 0.500. The van der Waals surface area contributed by atoms with E-state index in [2.05, 4.69) is 93.7 Å². The first kappa shape index (κ1) is 30.6. The number of hydrogen-bond acceptors (Lipinski definition) is 11. The summed E-state index contributed by atoms with van der Waals surface area (Å²) in [6.07, 6.45) is 8.20. The van der Waals surface area contributed by atoms with Gasteiger partial charge in [-0.1, -0.05) is 32.7 Å². The predicted octanol–water partition coefficient (Wildman–Crippen LogP) is 6.29. The fourth-order valence-corrected chi connectivity index (χ4v) is 6.32. The third kappa shape index (κ3) is 6.57. The van der Waals surface area contributed by atoms with Gasteiger partial charge in [-0.2, -0.15) is 4.98 Å². The van der Waals surface area contributed by atoms with Gasteiger partial charge in [0.1, 0.15) is 17.1 Å². The predicted molar refractivity (Wildman–Crippen MR) is 181 cm³/mol. The number of aromatic nitrogens is 4. The van der Waals surface area contributed by atoms with Gasteiger partial charge >= 0.3 is 0 Å². The zero-order chi connectivity index (χ0) is 30.5. The molecule has 0 radical (unpaired) electrons. The van der Waals surface area contributed by atoms with E-state index in [-0.39, 0.29) is 0 Å². The van der Waals surface area contributed by atoms with Gasteiger partial charge in [0.25, 0.3) is 0 Å². The largest absolute Gasteiger partial charge is 0.494 e. The van der Waals surface area contributed by atoms with Crippen LogP contribution >= 0.6 is 11.9 Å². The van der Waals surface area contributed by atoms with Crippen LogP contribution in [0, 0.1) is 0 Å². The van der Waals surface area contributed by atoms with Crippen molar-refractivity contribution in [3.8, 4) is 5.75 Å². The molecule has 2 N–H and O–H groups in total. The summed E-state index contributed by atoms with van der Waals surface area (Å²) in [5.74, 6) is 2.95. The van der Waals surface area contributed by atoms with E-state index in [1.165, 1.54) is 11.3 Å². The molecule has 10 nitrogen and oxygen atoms in total. The molecule has 4 aromatic rings. The zero-order valence-electron chi connectivity index (χ0n) is 26.3. The molecule has 11 heteroatoms. The molecule has 1 atom stereocenters. The normalized spacial score (nSPS) is 14.9. The highest BCUT2D eigenvalue weighted by atomic mass is 32.2. The number of ether oxygens (including phenoxy) is 1. The van der Waals surface area contributed by atoms with Crippen molar-refractivity contribution >= 4 is 57.5 Å². The van der Waals surface area contributed by atoms with Crippen molar-refractivity contribution in [1.29, 1.82) is 0 Å². The quantitative estimate of drug-likeness (QED) is 0.180. The van der Waals surface area contributed by atoms with Gasteiger partial charge < -0.3 is 29.5 Å². The molecule has 0 aliphatic carbocycles. The number of benzene rings is 2. The highest BCUT2D eigenvalue weighted by molar-refractivity contribution is 8.00. The Morgan fingerprint density at radius 3 is 2.47 bits per heavy atom. The van der Waals surface area contributed by atoms with Gasteiger partial charge in [0.15, 0.2) is 0 Å². The van der Waals surface area contributed by atoms with E-state index in [0.717, 1.165) is 83.3 Å². The molecule has 0 bridgehead atoms. The number of aryl methyl sites for hydroxylation is 2. The van der Waals surface area contributed by atoms with Gasteiger partial charge in [-0.3, -0.25) is 9.97 Å². The summed E-state index contributed by atoms with van der Waals surface area (Å²) in [4.78, 5) is 23.6. The lowest BCUT2D eigenvalue weighted by atomic mass is 10.1. The molecule has 3 heterocycles. The molecule has 2 aromatic heterocycles. The van der Waals surface area contributed by atoms with Crippen molar-refractivity contribution in [3.63, 3.8) is 0 Å². The van der Waals surface area contributed by atoms with Crippen LogP contribution in [0.25, 0.3) is 11.0 Å². The molecule has 1 aliphatic heterocycles. The molecule has 2 aromatic carbocycles. The Bertz CT molecular complexity index is 1560. The molecule has 5 rings (SSSR count). The molecule has 1 aliphatic rings. The fourth-order valence-electron chi connectivity index (χ4n) is 5.62. The zero-order valence-corrected chi connectivity index (χ0v) is 27.1. The Morgan fingerprint density at radius 2 is 1.77 bits per heavy atom. The summed E-state index contributed by atoms with van der Waals surface area (Å²) in [5.41, 5.74) is 7.94. The van der Waals surface area contributed by atoms with E-state index < -0.39 is 0 Å². The van der Waals surface area contributed by atoms with Crippen molar-refractivity contribution in [3.05, 3.63) is 54.0 Å². The SMILES string of the molecule is CCSN(C)c1c(Nc2nc(Nc3cc(CC)c(N4CCC(N(C)C)C4)cc3OC)ncc2CC)ccc2nccnc12. The summed E-state index contributed by atoms with van der Waals surface area (Å²) in [7, 11) is 8.09. The average molecular weight is 602 g/mol. The molecular weight excluding hydrogens is 558 g/mol. The van der Waals surface area contributed by atoms with Gasteiger partial charge in [-0.25, -0.2) is 4.98 Å². The first-order valence-electron chi connectivity index (χ1n) is 15.0. The number of fused-ring (bicyclic) bond motifs is 1. The number of anilines is 6. The topological polar surface area (TPSA) is 94.6 Å². The third-order valence-corrected chi connectivity index (χ3v) is 8.84. The van der Waals surface area contributed by atoms with Gasteiger partial charge in [-0.15, -0.1) is 0 Å². The van der Waals surface area contributed by atoms with E-state index in [9.17, 15) is 0 Å². The second kappa shape index (κ2) is 13.6. The van der Waals surface area contributed by atoms with E-state index in [1.807, 2.05) is 18.3 Å². The van der Waals surface area contributed by atoms with Crippen LogP contribution in [-0.2, 0) is 12.8 Å². The van der Waals surface area contributed by atoms with Crippen molar-refractivity contribution < 1.29 is 4.74 Å². The Morgan fingerprint density at radius 1 is 0.977 bits per heavy atom. The van der Waals surface area contributed by atoms with Crippen LogP contribution in [0.15, 0.2) is 42.9 Å². The molecule has 0 saturated carbocycles. The summed E-state index contributed by atoms with van der Waals surface area (Å²) < 4.78 is 8.02. The first-order chi connectivity index (χ1) is 20.9. The van der Waals surface area contributed by atoms with Crippen molar-refractivity contribution in [2.45, 2.75) is 46.1 Å². The van der Waals surface area contributed by atoms with Crippen molar-refractivity contribution in [1.82, 2.24) is 24.8 Å². The molecular formula is C32H43N9OS. The lowest BCUT2D eigenvalue weighted by Gasteiger charge is -2.25. The van der Waals surface area contributed by atoms with Crippen LogP contribution in [0.5, 0.6) is 5.75 Å². The molecule has 228 valence electrons. The van der Waals surface area contributed by atoms with Gasteiger partial charge in [0.05, 0.1) is 29.7 Å². The molecule has 43 heavy (non-hydrogen) atoms. The Hall–Kier alpha value is -3.83. The number of methoxy groups -OCH3 is 1. The minimum absolute atomic E-state index is 0.500. The van der Waals surface area contributed by atoms with Crippen molar-refractivity contribution in [2.75, 3.05) is 66.9 Å². The molecule has 1 fully saturated rings. The van der Waals surface area contributed by atoms with Gasteiger partial charge in [-0.05, 0) is 57.1 Å². The second-order valence-corrected chi connectivity index (χ2v) is 12.2. The molecule has 0 amide bonds. The van der Waals surface area contributed by atoms with Gasteiger partial charge in [0.2, 0.25) is 5.95 Å². The Balaban J connectivity index is 1.47. The van der Waals surface area contributed by atoms with E-state index in [1.54, 1.807) is 31.5 Å². The average Bonchev–Trinajstić information content (AvgIpc) is 3.52. The summed E-state index contributed by atoms with van der Waals surface area (Å²) in [5, 5.41) is 7.06. The van der Waals surface area contributed by atoms with E-state index >= 15 is 0 Å². The maximum atomic E-state index is 5.88. The summed E-state index contributed by atoms with van der Waals surface area (Å²) in [6.45, 7) is 8.50. The highest BCUT2D eigenvalue weighted by Crippen LogP contribution is 2.39. The van der Waals surface area contributed by atoms with Crippen LogP contribution in [0.2, 0.25) is 0 Å². The van der Waals surface area contributed by atoms with E-state index in [0.29, 0.717) is 12.0 Å². The van der Waals surface area contributed by atoms with Crippen molar-refractivity contribution in [2.24, 2.45) is 0 Å². The van der Waals surface area contributed by atoms with Crippen LogP contribution < -0.4 is 24.6 Å². The Kier molecular flexibility index (Phi) is 9.72. The standard InChI is InChI=1S/C32H43N9OS/c1-8-21-17-26(28(42-7)18-27(21)41-16-13-23(20-41)39(4)5)37-32-35-19-22(9-2)31(38-32)36-25-12-11-24-29(34-15-14-33-24)30(25)40(6)43-10-3/h11-12,14-15,17-19,23H,8-10,13,16,20H2,1-7H3,(H2,35,36,37,38). The molecule has 1 saturated heterocycles. The molecule has 1 unspecified atom stereocenters. The summed E-state index contributed by atoms with van der Waals surface area (Å²) >= 11 is 1.72. The number of nitrogens with zero attached hydrogens (tertiary/aromatic N) is 7. The maximum Gasteiger partial charge on any atom is 0.229 e. The fraction of sp³-hybridized carbons (Fsp3) is 0.438. The monoisotopic (exact) mass is 601 g/mol. The number of likely N-dealkylation sites (N-methyl/N-ethyl adjacent to an activating group) is 1. The maximum absolute atomic E-state index is 5.88. The van der Waals surface area contributed by atoms with Crippen LogP contribution in [-0.4, -0.2) is 78.0 Å². The first-order valence-corrected chi connectivity index (χ1v) is 15.9. The number of nitrogens with one attached hydrogen (secondary N) is 2. The lowest BCUT2D eigenvalue weighted by molar-refractivity contribution is 0.315. The van der Waals surface area contributed by atoms with Gasteiger partial charge in [0, 0.05) is 67.8 Å². The summed E-state index contributed by atoms with van der Waals surface area (Å²) in [6, 6.07) is 8.92.